The summed E-state index contributed by atoms with van der Waals surface area (Å²) in [7, 11) is 1.85. The standard InChI is InChI=1S/C19H31N3O/c1-23-19-8-5-9-21(17-19)13-10-20-11-14-22(15-12-20)16-18-6-3-2-4-7-18/h2-4,6-7,19H,5,8-17H2,1H3/t19-/m1/s1. The van der Waals surface area contributed by atoms with Crippen LogP contribution in [0.5, 0.6) is 0 Å². The van der Waals surface area contributed by atoms with Crippen molar-refractivity contribution in [3.05, 3.63) is 35.9 Å². The summed E-state index contributed by atoms with van der Waals surface area (Å²) >= 11 is 0. The summed E-state index contributed by atoms with van der Waals surface area (Å²) in [5.74, 6) is 0. The van der Waals surface area contributed by atoms with Crippen LogP contribution in [-0.4, -0.2) is 80.3 Å². The molecule has 2 fully saturated rings. The van der Waals surface area contributed by atoms with Gasteiger partial charge in [0.05, 0.1) is 6.10 Å². The Bertz CT molecular complexity index is 445. The number of benzene rings is 1. The fourth-order valence-corrected chi connectivity index (χ4v) is 3.70. The SMILES string of the molecule is CO[C@@H]1CCCN(CCN2CCN(Cc3ccccc3)CC2)C1. The zero-order valence-corrected chi connectivity index (χ0v) is 14.5. The Balaban J connectivity index is 1.34. The van der Waals surface area contributed by atoms with Crippen LogP contribution in [0.15, 0.2) is 30.3 Å². The van der Waals surface area contributed by atoms with Crippen LogP contribution in [0.1, 0.15) is 18.4 Å². The van der Waals surface area contributed by atoms with Crippen molar-refractivity contribution in [2.24, 2.45) is 0 Å². The first kappa shape index (κ1) is 16.9. The van der Waals surface area contributed by atoms with Gasteiger partial charge < -0.3 is 4.74 Å². The summed E-state index contributed by atoms with van der Waals surface area (Å²) in [5, 5.41) is 0. The van der Waals surface area contributed by atoms with Gasteiger partial charge in [-0.05, 0) is 24.9 Å². The fraction of sp³-hybridized carbons (Fsp3) is 0.684. The van der Waals surface area contributed by atoms with Crippen molar-refractivity contribution in [2.45, 2.75) is 25.5 Å². The number of likely N-dealkylation sites (tertiary alicyclic amines) is 1. The Hall–Kier alpha value is -0.940. The van der Waals surface area contributed by atoms with Gasteiger partial charge in [0, 0.05) is 59.5 Å². The second-order valence-electron chi connectivity index (χ2n) is 6.90. The van der Waals surface area contributed by atoms with Crippen LogP contribution in [0.2, 0.25) is 0 Å². The van der Waals surface area contributed by atoms with E-state index in [0.717, 1.165) is 13.1 Å². The highest BCUT2D eigenvalue weighted by Gasteiger charge is 2.21. The zero-order chi connectivity index (χ0) is 15.9. The molecule has 128 valence electrons. The molecule has 2 heterocycles. The Morgan fingerprint density at radius 2 is 1.61 bits per heavy atom. The second kappa shape index (κ2) is 8.78. The average Bonchev–Trinajstić information content (AvgIpc) is 2.62. The minimum atomic E-state index is 0.450. The third kappa shape index (κ3) is 5.28. The van der Waals surface area contributed by atoms with Gasteiger partial charge in [0.25, 0.3) is 0 Å². The lowest BCUT2D eigenvalue weighted by molar-refractivity contribution is 0.0253. The summed E-state index contributed by atoms with van der Waals surface area (Å²) < 4.78 is 5.52. The number of piperazine rings is 1. The molecular weight excluding hydrogens is 286 g/mol. The van der Waals surface area contributed by atoms with Crippen molar-refractivity contribution >= 4 is 0 Å². The first-order valence-corrected chi connectivity index (χ1v) is 9.07. The third-order valence-corrected chi connectivity index (χ3v) is 5.24. The van der Waals surface area contributed by atoms with E-state index in [4.69, 9.17) is 4.74 Å². The van der Waals surface area contributed by atoms with E-state index in [0.29, 0.717) is 6.10 Å². The van der Waals surface area contributed by atoms with Gasteiger partial charge in [-0.3, -0.25) is 14.7 Å². The number of nitrogens with zero attached hydrogens (tertiary/aromatic N) is 3. The van der Waals surface area contributed by atoms with E-state index in [9.17, 15) is 0 Å². The first-order valence-electron chi connectivity index (χ1n) is 9.07. The van der Waals surface area contributed by atoms with Gasteiger partial charge in [0.1, 0.15) is 0 Å². The molecule has 0 aliphatic carbocycles. The monoisotopic (exact) mass is 317 g/mol. The quantitative estimate of drug-likeness (QED) is 0.798. The Morgan fingerprint density at radius 3 is 2.35 bits per heavy atom. The number of ether oxygens (including phenoxy) is 1. The highest BCUT2D eigenvalue weighted by atomic mass is 16.5. The van der Waals surface area contributed by atoms with E-state index in [2.05, 4.69) is 45.0 Å². The van der Waals surface area contributed by atoms with Gasteiger partial charge in [0.15, 0.2) is 0 Å². The molecule has 1 aromatic rings. The molecule has 0 N–H and O–H groups in total. The van der Waals surface area contributed by atoms with Crippen LogP contribution in [0, 0.1) is 0 Å². The van der Waals surface area contributed by atoms with E-state index >= 15 is 0 Å². The van der Waals surface area contributed by atoms with Crippen molar-refractivity contribution in [1.29, 1.82) is 0 Å². The van der Waals surface area contributed by atoms with E-state index in [1.807, 2.05) is 7.11 Å². The highest BCUT2D eigenvalue weighted by Crippen LogP contribution is 2.13. The van der Waals surface area contributed by atoms with Crippen LogP contribution in [0.3, 0.4) is 0 Å². The number of piperidine rings is 1. The molecule has 0 amide bonds. The molecule has 0 unspecified atom stereocenters. The topological polar surface area (TPSA) is 19.0 Å². The van der Waals surface area contributed by atoms with Gasteiger partial charge in [-0.1, -0.05) is 30.3 Å². The third-order valence-electron chi connectivity index (χ3n) is 5.24. The number of hydrogen-bond donors (Lipinski definition) is 0. The lowest BCUT2D eigenvalue weighted by Crippen LogP contribution is -2.49. The maximum atomic E-state index is 5.52. The molecule has 1 aromatic carbocycles. The summed E-state index contributed by atoms with van der Waals surface area (Å²) in [6, 6.07) is 10.8. The number of hydrogen-bond acceptors (Lipinski definition) is 4. The van der Waals surface area contributed by atoms with Crippen LogP contribution >= 0.6 is 0 Å². The molecule has 0 radical (unpaired) electrons. The minimum absolute atomic E-state index is 0.450. The number of rotatable bonds is 6. The summed E-state index contributed by atoms with van der Waals surface area (Å²) in [4.78, 5) is 7.78. The van der Waals surface area contributed by atoms with Gasteiger partial charge in [-0.25, -0.2) is 0 Å². The molecule has 2 saturated heterocycles. The number of methoxy groups -OCH3 is 1. The van der Waals surface area contributed by atoms with Crippen LogP contribution < -0.4 is 0 Å². The average molecular weight is 317 g/mol. The van der Waals surface area contributed by atoms with Gasteiger partial charge in [0.2, 0.25) is 0 Å². The van der Waals surface area contributed by atoms with Crippen LogP contribution in [-0.2, 0) is 11.3 Å². The molecule has 4 nitrogen and oxygen atoms in total. The zero-order valence-electron chi connectivity index (χ0n) is 14.5. The molecule has 0 spiro atoms. The summed E-state index contributed by atoms with van der Waals surface area (Å²) in [5.41, 5.74) is 1.43. The van der Waals surface area contributed by atoms with Gasteiger partial charge >= 0.3 is 0 Å². The molecule has 3 rings (SSSR count). The van der Waals surface area contributed by atoms with Crippen LogP contribution in [0.25, 0.3) is 0 Å². The predicted molar refractivity (Wildman–Crippen MR) is 94.6 cm³/mol. The molecule has 0 bridgehead atoms. The van der Waals surface area contributed by atoms with Gasteiger partial charge in [-0.15, -0.1) is 0 Å². The Morgan fingerprint density at radius 1 is 0.913 bits per heavy atom. The molecular formula is C19H31N3O. The van der Waals surface area contributed by atoms with Crippen LogP contribution in [0.4, 0.5) is 0 Å². The Kier molecular flexibility index (Phi) is 6.46. The Labute approximate surface area is 141 Å². The normalized spacial score (nSPS) is 24.8. The van der Waals surface area contributed by atoms with Crippen molar-refractivity contribution in [3.8, 4) is 0 Å². The smallest absolute Gasteiger partial charge is 0.0698 e. The maximum absolute atomic E-state index is 5.52. The van der Waals surface area contributed by atoms with Crippen molar-refractivity contribution in [1.82, 2.24) is 14.7 Å². The molecule has 2 aliphatic rings. The van der Waals surface area contributed by atoms with E-state index in [1.54, 1.807) is 0 Å². The lowest BCUT2D eigenvalue weighted by Gasteiger charge is -2.37. The van der Waals surface area contributed by atoms with E-state index in [1.165, 1.54) is 64.2 Å². The largest absolute Gasteiger partial charge is 0.380 e. The van der Waals surface area contributed by atoms with Crippen molar-refractivity contribution in [3.63, 3.8) is 0 Å². The fourth-order valence-electron chi connectivity index (χ4n) is 3.70. The molecule has 0 saturated carbocycles. The molecule has 4 heteroatoms. The van der Waals surface area contributed by atoms with E-state index < -0.39 is 0 Å². The van der Waals surface area contributed by atoms with Crippen molar-refractivity contribution < 1.29 is 4.74 Å². The molecule has 0 aromatic heterocycles. The predicted octanol–water partition coefficient (Wildman–Crippen LogP) is 1.91. The highest BCUT2D eigenvalue weighted by molar-refractivity contribution is 5.14. The molecule has 2 aliphatic heterocycles. The summed E-state index contributed by atoms with van der Waals surface area (Å²) in [6.45, 7) is 10.6. The van der Waals surface area contributed by atoms with E-state index in [-0.39, 0.29) is 0 Å². The summed E-state index contributed by atoms with van der Waals surface area (Å²) in [6.07, 6.45) is 2.96. The second-order valence-corrected chi connectivity index (χ2v) is 6.90. The maximum Gasteiger partial charge on any atom is 0.0698 e. The first-order chi connectivity index (χ1) is 11.3. The van der Waals surface area contributed by atoms with Gasteiger partial charge in [-0.2, -0.15) is 0 Å². The molecule has 23 heavy (non-hydrogen) atoms. The molecule has 1 atom stereocenters. The lowest BCUT2D eigenvalue weighted by atomic mass is 10.1. The van der Waals surface area contributed by atoms with Crippen molar-refractivity contribution in [2.75, 3.05) is 59.5 Å². The minimum Gasteiger partial charge on any atom is -0.380 e.